The number of sulfonamides is 1. The average Bonchev–Trinajstić information content (AvgIpc) is 3.63. The number of aliphatic hydroxyl groups excluding tert-OH is 1. The third kappa shape index (κ3) is 10.1. The van der Waals surface area contributed by atoms with Gasteiger partial charge in [-0.15, -0.1) is 11.3 Å². The number of aromatic nitrogens is 1. The molecule has 2 aromatic carbocycles. The van der Waals surface area contributed by atoms with Gasteiger partial charge in [0.25, 0.3) is 5.91 Å². The first-order chi connectivity index (χ1) is 24.5. The fourth-order valence-corrected chi connectivity index (χ4v) is 8.40. The van der Waals surface area contributed by atoms with E-state index >= 15 is 0 Å². The van der Waals surface area contributed by atoms with Gasteiger partial charge in [-0.2, -0.15) is 4.31 Å². The fourth-order valence-electron chi connectivity index (χ4n) is 5.88. The van der Waals surface area contributed by atoms with Crippen LogP contribution in [0.15, 0.2) is 58.8 Å². The lowest BCUT2D eigenvalue weighted by Gasteiger charge is -2.34. The molecule has 0 spiro atoms. The third-order valence-electron chi connectivity index (χ3n) is 8.68. The van der Waals surface area contributed by atoms with Gasteiger partial charge in [-0.05, 0) is 42.0 Å². The maximum Gasteiger partial charge on any atom is 0.328 e. The van der Waals surface area contributed by atoms with Gasteiger partial charge in [0.15, 0.2) is 5.13 Å². The molecule has 14 nitrogen and oxygen atoms in total. The molecule has 0 unspecified atom stereocenters. The van der Waals surface area contributed by atoms with E-state index in [4.69, 9.17) is 17.3 Å². The number of carbonyl (C=O) groups excluding carboxylic acids is 4. The fraction of sp³-hybridized carbons (Fsp3) is 0.457. The van der Waals surface area contributed by atoms with Crippen LogP contribution in [-0.2, 0) is 37.4 Å². The Labute approximate surface area is 313 Å². The van der Waals surface area contributed by atoms with Gasteiger partial charge >= 0.3 is 6.03 Å². The van der Waals surface area contributed by atoms with Crippen LogP contribution in [0.1, 0.15) is 52.3 Å². The quantitative estimate of drug-likeness (QED) is 0.116. The summed E-state index contributed by atoms with van der Waals surface area (Å²) >= 11 is 7.21. The summed E-state index contributed by atoms with van der Waals surface area (Å²) in [5.74, 6) is -1.93. The second kappa shape index (κ2) is 17.6. The molecule has 1 aromatic heterocycles. The SMILES string of the molecule is CC[C@H](C)[C@@H](C(=O)N[C@@H](Cc1ccccc1)[C@H](O)CN(CC(C)C)S(=O)(=O)c1ccc(Cl)c(N)c1)N1CC(=O)N(Cc2csc(NC(C)=O)n2)C1=O. The summed E-state index contributed by atoms with van der Waals surface area (Å²) in [5.41, 5.74) is 7.19. The number of nitrogens with one attached hydrogen (secondary N) is 2. The number of benzene rings is 2. The first-order valence-electron chi connectivity index (χ1n) is 16.9. The molecule has 282 valence electrons. The molecule has 52 heavy (non-hydrogen) atoms. The predicted molar refractivity (Wildman–Crippen MR) is 200 cm³/mol. The van der Waals surface area contributed by atoms with Crippen LogP contribution in [0.5, 0.6) is 0 Å². The summed E-state index contributed by atoms with van der Waals surface area (Å²) in [5, 5.41) is 19.4. The molecule has 1 aliphatic heterocycles. The summed E-state index contributed by atoms with van der Waals surface area (Å²) < 4.78 is 28.9. The minimum absolute atomic E-state index is 0.0644. The van der Waals surface area contributed by atoms with Crippen LogP contribution in [0.4, 0.5) is 15.6 Å². The standard InChI is InChI=1S/C35H46ClN7O7S2/c1-6-22(4)32(43-19-31(46)42(35(43)48)17-25-20-51-34(39-25)38-23(5)44)33(47)40-29(14-24-10-8-7-9-11-24)30(45)18-41(16-21(2)3)52(49,50)26-12-13-27(36)28(37)15-26/h7-13,15,20-22,29-30,32,45H,6,14,16-19,37H2,1-5H3,(H,40,47)(H,38,39,44)/t22-,29-,30+,32-/m0/s1. The van der Waals surface area contributed by atoms with Crippen LogP contribution in [0.2, 0.25) is 5.02 Å². The number of hydrogen-bond donors (Lipinski definition) is 4. The number of anilines is 2. The molecule has 1 fully saturated rings. The van der Waals surface area contributed by atoms with E-state index in [1.807, 2.05) is 51.1 Å². The van der Waals surface area contributed by atoms with Gasteiger partial charge in [0, 0.05) is 25.4 Å². The molecule has 0 aliphatic carbocycles. The predicted octanol–water partition coefficient (Wildman–Crippen LogP) is 3.95. The molecule has 4 rings (SSSR count). The van der Waals surface area contributed by atoms with Crippen molar-refractivity contribution in [3.63, 3.8) is 0 Å². The van der Waals surface area contributed by atoms with Gasteiger partial charge in [0.2, 0.25) is 21.8 Å². The highest BCUT2D eigenvalue weighted by molar-refractivity contribution is 7.89. The minimum atomic E-state index is -4.16. The van der Waals surface area contributed by atoms with E-state index in [0.29, 0.717) is 17.2 Å². The van der Waals surface area contributed by atoms with Crippen molar-refractivity contribution >= 4 is 67.5 Å². The zero-order valence-corrected chi connectivity index (χ0v) is 32.2. The number of nitrogens with two attached hydrogens (primary N) is 1. The van der Waals surface area contributed by atoms with Gasteiger partial charge in [-0.25, -0.2) is 18.2 Å². The van der Waals surface area contributed by atoms with Crippen LogP contribution in [0.3, 0.4) is 0 Å². The van der Waals surface area contributed by atoms with Gasteiger partial charge in [0.1, 0.15) is 12.6 Å². The zero-order chi connectivity index (χ0) is 38.3. The van der Waals surface area contributed by atoms with Crippen molar-refractivity contribution in [2.45, 2.75) is 77.1 Å². The number of thiazole rings is 1. The van der Waals surface area contributed by atoms with Crippen LogP contribution >= 0.6 is 22.9 Å². The van der Waals surface area contributed by atoms with E-state index in [0.717, 1.165) is 26.1 Å². The summed E-state index contributed by atoms with van der Waals surface area (Å²) in [6, 6.07) is 10.4. The number of urea groups is 1. The molecule has 0 radical (unpaired) electrons. The molecule has 1 aliphatic rings. The molecule has 4 atom stereocenters. The molecular weight excluding hydrogens is 730 g/mol. The van der Waals surface area contributed by atoms with Crippen molar-refractivity contribution < 1.29 is 32.7 Å². The smallest absolute Gasteiger partial charge is 0.328 e. The first kappa shape index (κ1) is 40.7. The molecule has 17 heteroatoms. The number of halogens is 1. The second-order valence-electron chi connectivity index (χ2n) is 13.3. The molecule has 0 saturated carbocycles. The number of hydrogen-bond acceptors (Lipinski definition) is 10. The summed E-state index contributed by atoms with van der Waals surface area (Å²) in [7, 11) is -4.16. The summed E-state index contributed by atoms with van der Waals surface area (Å²) in [4.78, 5) is 59.0. The van der Waals surface area contributed by atoms with E-state index < -0.39 is 52.0 Å². The van der Waals surface area contributed by atoms with Crippen molar-refractivity contribution in [3.05, 3.63) is 70.2 Å². The van der Waals surface area contributed by atoms with Crippen molar-refractivity contribution in [1.29, 1.82) is 0 Å². The molecule has 5 amide bonds. The van der Waals surface area contributed by atoms with Gasteiger partial charge < -0.3 is 26.4 Å². The largest absolute Gasteiger partial charge is 0.397 e. The molecule has 3 aromatic rings. The number of rotatable bonds is 17. The Morgan fingerprint density at radius 1 is 1.12 bits per heavy atom. The lowest BCUT2D eigenvalue weighted by molar-refractivity contribution is -0.129. The number of carbonyl (C=O) groups is 4. The average molecular weight is 776 g/mol. The number of imide groups is 1. The Morgan fingerprint density at radius 3 is 2.42 bits per heavy atom. The maximum atomic E-state index is 14.3. The Morgan fingerprint density at radius 2 is 1.81 bits per heavy atom. The van der Waals surface area contributed by atoms with Crippen LogP contribution in [0, 0.1) is 11.8 Å². The number of aliphatic hydroxyl groups is 1. The van der Waals surface area contributed by atoms with Gasteiger partial charge in [-0.3, -0.25) is 19.3 Å². The molecule has 2 heterocycles. The number of nitrogen functional groups attached to an aromatic ring is 1. The van der Waals surface area contributed by atoms with E-state index in [1.54, 1.807) is 12.3 Å². The number of nitrogens with zero attached hydrogens (tertiary/aromatic N) is 4. The van der Waals surface area contributed by atoms with E-state index in [2.05, 4.69) is 15.6 Å². The normalized spacial score (nSPS) is 15.9. The third-order valence-corrected chi connectivity index (χ3v) is 11.7. The lowest BCUT2D eigenvalue weighted by atomic mass is 9.95. The van der Waals surface area contributed by atoms with E-state index in [1.165, 1.54) is 30.0 Å². The maximum absolute atomic E-state index is 14.3. The van der Waals surface area contributed by atoms with E-state index in [-0.39, 0.29) is 60.0 Å². The van der Waals surface area contributed by atoms with Crippen molar-refractivity contribution in [2.75, 3.05) is 30.7 Å². The Bertz CT molecular complexity index is 1860. The number of amides is 5. The monoisotopic (exact) mass is 775 g/mol. The summed E-state index contributed by atoms with van der Waals surface area (Å²) in [6.07, 6.45) is -0.766. The van der Waals surface area contributed by atoms with Crippen molar-refractivity contribution in [1.82, 2.24) is 24.4 Å². The van der Waals surface area contributed by atoms with Crippen molar-refractivity contribution in [2.24, 2.45) is 11.8 Å². The second-order valence-corrected chi connectivity index (χ2v) is 16.5. The van der Waals surface area contributed by atoms with Gasteiger partial charge in [-0.1, -0.05) is 76.0 Å². The Balaban J connectivity index is 1.61. The molecule has 1 saturated heterocycles. The van der Waals surface area contributed by atoms with Gasteiger partial charge in [0.05, 0.1) is 40.0 Å². The minimum Gasteiger partial charge on any atom is -0.397 e. The van der Waals surface area contributed by atoms with Crippen LogP contribution in [-0.4, -0.2) is 94.2 Å². The Kier molecular flexibility index (Phi) is 13.8. The first-order valence-corrected chi connectivity index (χ1v) is 19.6. The topological polar surface area (TPSA) is 195 Å². The zero-order valence-electron chi connectivity index (χ0n) is 29.8. The highest BCUT2D eigenvalue weighted by Crippen LogP contribution is 2.27. The van der Waals surface area contributed by atoms with Crippen LogP contribution < -0.4 is 16.4 Å². The molecule has 5 N–H and O–H groups in total. The summed E-state index contributed by atoms with van der Waals surface area (Å²) in [6.45, 7) is 7.90. The highest BCUT2D eigenvalue weighted by Gasteiger charge is 2.45. The van der Waals surface area contributed by atoms with Crippen molar-refractivity contribution in [3.8, 4) is 0 Å². The van der Waals surface area contributed by atoms with E-state index in [9.17, 15) is 32.7 Å². The molecular formula is C35H46ClN7O7S2. The lowest BCUT2D eigenvalue weighted by Crippen LogP contribution is -2.57. The van der Waals surface area contributed by atoms with Crippen LogP contribution in [0.25, 0.3) is 0 Å². The highest BCUT2D eigenvalue weighted by atomic mass is 35.5. The Hall–Kier alpha value is -4.09. The molecule has 0 bridgehead atoms.